The predicted molar refractivity (Wildman–Crippen MR) is 104 cm³/mol. The van der Waals surface area contributed by atoms with Gasteiger partial charge in [-0.2, -0.15) is 0 Å². The number of nitrogens with one attached hydrogen (secondary N) is 1. The quantitative estimate of drug-likeness (QED) is 0.598. The first kappa shape index (κ1) is 16.3. The summed E-state index contributed by atoms with van der Waals surface area (Å²) in [4.78, 5) is 21.5. The van der Waals surface area contributed by atoms with Crippen molar-refractivity contribution in [3.63, 3.8) is 0 Å². The molecule has 1 atom stereocenters. The van der Waals surface area contributed by atoms with Crippen LogP contribution < -0.4 is 14.8 Å². The van der Waals surface area contributed by atoms with Crippen molar-refractivity contribution >= 4 is 22.5 Å². The Morgan fingerprint density at radius 3 is 2.82 bits per heavy atom. The van der Waals surface area contributed by atoms with Gasteiger partial charge in [-0.05, 0) is 30.3 Å². The number of nitrogens with zero attached hydrogens (tertiary/aromatic N) is 3. The molecule has 1 aliphatic rings. The Labute approximate surface area is 160 Å². The van der Waals surface area contributed by atoms with E-state index < -0.39 is 6.10 Å². The maximum absolute atomic E-state index is 12.8. The number of rotatable bonds is 3. The number of ether oxygens (including phenoxy) is 2. The number of aromatic nitrogens is 3. The molecule has 2 aromatic carbocycles. The average molecular weight is 372 g/mol. The minimum Gasteiger partial charge on any atom is -0.485 e. The van der Waals surface area contributed by atoms with Crippen molar-refractivity contribution in [3.8, 4) is 17.3 Å². The van der Waals surface area contributed by atoms with Crippen molar-refractivity contribution in [2.45, 2.75) is 6.10 Å². The molecular formula is C21H16N4O3. The molecule has 0 bridgehead atoms. The maximum Gasteiger partial charge on any atom is 0.269 e. The Kier molecular flexibility index (Phi) is 3.90. The van der Waals surface area contributed by atoms with Crippen LogP contribution in [-0.4, -0.2) is 33.2 Å². The van der Waals surface area contributed by atoms with Crippen molar-refractivity contribution in [2.75, 3.05) is 11.9 Å². The predicted octanol–water partition coefficient (Wildman–Crippen LogP) is 3.20. The number of hydrogen-bond acceptors (Lipinski definition) is 5. The molecule has 0 saturated heterocycles. The third kappa shape index (κ3) is 2.92. The molecule has 0 aliphatic carbocycles. The van der Waals surface area contributed by atoms with Gasteiger partial charge in [0.2, 0.25) is 6.10 Å². The Morgan fingerprint density at radius 2 is 1.96 bits per heavy atom. The van der Waals surface area contributed by atoms with Gasteiger partial charge >= 0.3 is 0 Å². The zero-order chi connectivity index (χ0) is 18.9. The van der Waals surface area contributed by atoms with Crippen LogP contribution in [0.5, 0.6) is 11.5 Å². The fourth-order valence-corrected chi connectivity index (χ4v) is 3.14. The summed E-state index contributed by atoms with van der Waals surface area (Å²) in [6.07, 6.45) is 4.46. The van der Waals surface area contributed by atoms with Gasteiger partial charge in [-0.25, -0.2) is 9.97 Å². The Bertz CT molecular complexity index is 1160. The van der Waals surface area contributed by atoms with E-state index >= 15 is 0 Å². The van der Waals surface area contributed by atoms with Gasteiger partial charge in [-0.15, -0.1) is 0 Å². The highest BCUT2D eigenvalue weighted by molar-refractivity contribution is 6.02. The van der Waals surface area contributed by atoms with E-state index in [2.05, 4.69) is 15.3 Å². The summed E-state index contributed by atoms with van der Waals surface area (Å²) in [6.45, 7) is 0.154. The average Bonchev–Trinajstić information content (AvgIpc) is 3.28. The summed E-state index contributed by atoms with van der Waals surface area (Å²) < 4.78 is 13.2. The van der Waals surface area contributed by atoms with E-state index in [9.17, 15) is 4.79 Å². The SMILES string of the molecule is O=C(Nc1cccc2ccc(-n3ccnc3)nc12)[C@@H]1COc2ccccc2O1. The van der Waals surface area contributed by atoms with Crippen LogP contribution >= 0.6 is 0 Å². The van der Waals surface area contributed by atoms with Crippen molar-refractivity contribution in [2.24, 2.45) is 0 Å². The fraction of sp³-hybridized carbons (Fsp3) is 0.0952. The molecule has 0 fully saturated rings. The molecule has 0 spiro atoms. The van der Waals surface area contributed by atoms with Crippen molar-refractivity contribution in [1.82, 2.24) is 14.5 Å². The third-order valence-electron chi connectivity index (χ3n) is 4.53. The largest absolute Gasteiger partial charge is 0.485 e. The van der Waals surface area contributed by atoms with E-state index in [0.29, 0.717) is 22.7 Å². The third-order valence-corrected chi connectivity index (χ3v) is 4.53. The molecule has 7 nitrogen and oxygen atoms in total. The van der Waals surface area contributed by atoms with Gasteiger partial charge in [0, 0.05) is 17.8 Å². The molecule has 1 N–H and O–H groups in total. The highest BCUT2D eigenvalue weighted by Crippen LogP contribution is 2.31. The summed E-state index contributed by atoms with van der Waals surface area (Å²) in [5, 5.41) is 3.85. The monoisotopic (exact) mass is 372 g/mol. The summed E-state index contributed by atoms with van der Waals surface area (Å²) in [5.41, 5.74) is 1.31. The molecule has 28 heavy (non-hydrogen) atoms. The van der Waals surface area contributed by atoms with E-state index in [0.717, 1.165) is 11.2 Å². The van der Waals surface area contributed by atoms with Crippen LogP contribution in [0.15, 0.2) is 73.3 Å². The lowest BCUT2D eigenvalue weighted by atomic mass is 10.1. The van der Waals surface area contributed by atoms with Crippen LogP contribution in [0.25, 0.3) is 16.7 Å². The number of para-hydroxylation sites is 3. The number of amides is 1. The maximum atomic E-state index is 12.8. The number of pyridine rings is 1. The lowest BCUT2D eigenvalue weighted by Crippen LogP contribution is -2.40. The second kappa shape index (κ2) is 6.70. The Balaban J connectivity index is 1.43. The van der Waals surface area contributed by atoms with Crippen LogP contribution in [0.3, 0.4) is 0 Å². The van der Waals surface area contributed by atoms with E-state index in [1.165, 1.54) is 0 Å². The lowest BCUT2D eigenvalue weighted by molar-refractivity contribution is -0.125. The standard InChI is InChI=1S/C21H16N4O3/c26-21(18-12-27-16-6-1-2-7-17(16)28-18)23-15-5-3-4-14-8-9-19(24-20(14)15)25-11-10-22-13-25/h1-11,13,18H,12H2,(H,23,26)/t18-/m0/s1. The van der Waals surface area contributed by atoms with Crippen molar-refractivity contribution in [3.05, 3.63) is 73.3 Å². The van der Waals surface area contributed by atoms with Gasteiger partial charge < -0.3 is 14.8 Å². The second-order valence-corrected chi connectivity index (χ2v) is 6.37. The molecule has 4 aromatic rings. The van der Waals surface area contributed by atoms with E-state index in [-0.39, 0.29) is 12.5 Å². The number of carbonyl (C=O) groups is 1. The van der Waals surface area contributed by atoms with Crippen molar-refractivity contribution < 1.29 is 14.3 Å². The zero-order valence-electron chi connectivity index (χ0n) is 14.8. The molecule has 0 unspecified atom stereocenters. The van der Waals surface area contributed by atoms with Gasteiger partial charge in [0.1, 0.15) is 18.8 Å². The molecule has 7 heteroatoms. The highest BCUT2D eigenvalue weighted by Gasteiger charge is 2.27. The van der Waals surface area contributed by atoms with Gasteiger partial charge in [0.05, 0.1) is 11.2 Å². The number of hydrogen-bond donors (Lipinski definition) is 1. The van der Waals surface area contributed by atoms with Crippen LogP contribution in [0.1, 0.15) is 0 Å². The smallest absolute Gasteiger partial charge is 0.269 e. The minimum atomic E-state index is -0.734. The summed E-state index contributed by atoms with van der Waals surface area (Å²) in [7, 11) is 0. The fourth-order valence-electron chi connectivity index (χ4n) is 3.14. The molecule has 5 rings (SSSR count). The molecule has 1 aliphatic heterocycles. The van der Waals surface area contributed by atoms with Crippen LogP contribution in [-0.2, 0) is 4.79 Å². The van der Waals surface area contributed by atoms with E-state index in [4.69, 9.17) is 9.47 Å². The molecule has 0 saturated carbocycles. The molecule has 138 valence electrons. The normalized spacial score (nSPS) is 15.4. The second-order valence-electron chi connectivity index (χ2n) is 6.37. The molecule has 1 amide bonds. The van der Waals surface area contributed by atoms with E-state index in [1.807, 2.05) is 59.3 Å². The number of imidazole rings is 1. The minimum absolute atomic E-state index is 0.154. The molecule has 2 aromatic heterocycles. The summed E-state index contributed by atoms with van der Waals surface area (Å²) in [6, 6.07) is 16.8. The van der Waals surface area contributed by atoms with Gasteiger partial charge in [-0.1, -0.05) is 24.3 Å². The molecular weight excluding hydrogens is 356 g/mol. The number of carbonyl (C=O) groups excluding carboxylic acids is 1. The van der Waals surface area contributed by atoms with Gasteiger partial charge in [0.15, 0.2) is 11.5 Å². The zero-order valence-corrected chi connectivity index (χ0v) is 14.8. The first-order valence-corrected chi connectivity index (χ1v) is 8.85. The lowest BCUT2D eigenvalue weighted by Gasteiger charge is -2.25. The molecule has 3 heterocycles. The van der Waals surface area contributed by atoms with Crippen molar-refractivity contribution in [1.29, 1.82) is 0 Å². The highest BCUT2D eigenvalue weighted by atomic mass is 16.6. The number of anilines is 1. The van der Waals surface area contributed by atoms with Crippen LogP contribution in [0.2, 0.25) is 0 Å². The van der Waals surface area contributed by atoms with Crippen LogP contribution in [0.4, 0.5) is 5.69 Å². The van der Waals surface area contributed by atoms with Gasteiger partial charge in [0.25, 0.3) is 5.91 Å². The Morgan fingerprint density at radius 1 is 1.07 bits per heavy atom. The topological polar surface area (TPSA) is 78.3 Å². The summed E-state index contributed by atoms with van der Waals surface area (Å²) in [5.74, 6) is 1.64. The Hall–Kier alpha value is -3.87. The van der Waals surface area contributed by atoms with Crippen LogP contribution in [0, 0.1) is 0 Å². The summed E-state index contributed by atoms with van der Waals surface area (Å²) >= 11 is 0. The molecule has 0 radical (unpaired) electrons. The first-order valence-electron chi connectivity index (χ1n) is 8.85. The number of fused-ring (bicyclic) bond motifs is 2. The van der Waals surface area contributed by atoms with E-state index in [1.54, 1.807) is 18.6 Å². The van der Waals surface area contributed by atoms with Gasteiger partial charge in [-0.3, -0.25) is 9.36 Å². The first-order chi connectivity index (χ1) is 13.8. The number of benzene rings is 2.